The Morgan fingerprint density at radius 2 is 2.05 bits per heavy atom. The van der Waals surface area contributed by atoms with Crippen LogP contribution in [0.4, 0.5) is 0 Å². The SMILES string of the molecule is CC(C)(C)NCc1ccc(-n2ccc(C3CC3)n2)c(Br)c1. The van der Waals surface area contributed by atoms with Crippen LogP contribution in [0.1, 0.15) is 50.8 Å². The maximum atomic E-state index is 4.69. The predicted octanol–water partition coefficient (Wildman–Crippen LogP) is 4.40. The summed E-state index contributed by atoms with van der Waals surface area (Å²) in [4.78, 5) is 0. The van der Waals surface area contributed by atoms with E-state index < -0.39 is 0 Å². The van der Waals surface area contributed by atoms with Crippen molar-refractivity contribution in [2.75, 3.05) is 0 Å². The second-order valence-electron chi connectivity index (χ2n) is 6.85. The van der Waals surface area contributed by atoms with Crippen molar-refractivity contribution in [1.29, 1.82) is 0 Å². The van der Waals surface area contributed by atoms with Gasteiger partial charge in [-0.05, 0) is 73.3 Å². The minimum atomic E-state index is 0.131. The Morgan fingerprint density at radius 3 is 2.67 bits per heavy atom. The first-order valence-corrected chi connectivity index (χ1v) is 8.31. The Balaban J connectivity index is 1.76. The summed E-state index contributed by atoms with van der Waals surface area (Å²) in [6, 6.07) is 8.61. The quantitative estimate of drug-likeness (QED) is 0.888. The van der Waals surface area contributed by atoms with Gasteiger partial charge in [-0.3, -0.25) is 0 Å². The number of benzene rings is 1. The number of nitrogens with zero attached hydrogens (tertiary/aromatic N) is 2. The molecule has 0 radical (unpaired) electrons. The molecule has 112 valence electrons. The van der Waals surface area contributed by atoms with Crippen molar-refractivity contribution in [2.24, 2.45) is 0 Å². The Kier molecular flexibility index (Phi) is 3.93. The van der Waals surface area contributed by atoms with Gasteiger partial charge in [-0.1, -0.05) is 6.07 Å². The van der Waals surface area contributed by atoms with Gasteiger partial charge in [0.15, 0.2) is 0 Å². The number of hydrogen-bond donors (Lipinski definition) is 1. The fourth-order valence-corrected chi connectivity index (χ4v) is 2.89. The minimum Gasteiger partial charge on any atom is -0.308 e. The van der Waals surface area contributed by atoms with Crippen molar-refractivity contribution in [1.82, 2.24) is 15.1 Å². The smallest absolute Gasteiger partial charge is 0.0787 e. The summed E-state index contributed by atoms with van der Waals surface area (Å²) in [5.74, 6) is 0.695. The van der Waals surface area contributed by atoms with E-state index >= 15 is 0 Å². The van der Waals surface area contributed by atoms with E-state index in [0.717, 1.165) is 16.7 Å². The molecule has 0 bridgehead atoms. The summed E-state index contributed by atoms with van der Waals surface area (Å²) in [5, 5.41) is 8.20. The monoisotopic (exact) mass is 347 g/mol. The molecule has 0 atom stereocenters. The largest absolute Gasteiger partial charge is 0.308 e. The molecule has 1 heterocycles. The van der Waals surface area contributed by atoms with Crippen molar-refractivity contribution < 1.29 is 0 Å². The average Bonchev–Trinajstić information content (AvgIpc) is 3.15. The van der Waals surface area contributed by atoms with E-state index in [9.17, 15) is 0 Å². The van der Waals surface area contributed by atoms with Crippen LogP contribution >= 0.6 is 15.9 Å². The first-order valence-electron chi connectivity index (χ1n) is 7.52. The molecule has 0 saturated heterocycles. The molecule has 0 unspecified atom stereocenters. The highest BCUT2D eigenvalue weighted by Crippen LogP contribution is 2.39. The lowest BCUT2D eigenvalue weighted by atomic mass is 10.1. The van der Waals surface area contributed by atoms with Crippen molar-refractivity contribution in [3.8, 4) is 5.69 Å². The lowest BCUT2D eigenvalue weighted by molar-refractivity contribution is 0.424. The molecule has 1 aliphatic carbocycles. The molecule has 0 aliphatic heterocycles. The molecule has 3 nitrogen and oxygen atoms in total. The van der Waals surface area contributed by atoms with Crippen LogP contribution in [0.15, 0.2) is 34.9 Å². The maximum Gasteiger partial charge on any atom is 0.0787 e. The zero-order valence-corrected chi connectivity index (χ0v) is 14.4. The Morgan fingerprint density at radius 1 is 1.29 bits per heavy atom. The second kappa shape index (κ2) is 5.58. The summed E-state index contributed by atoms with van der Waals surface area (Å²) in [6.07, 6.45) is 4.63. The van der Waals surface area contributed by atoms with Crippen molar-refractivity contribution in [2.45, 2.75) is 51.6 Å². The van der Waals surface area contributed by atoms with Gasteiger partial charge in [-0.2, -0.15) is 5.10 Å². The number of halogens is 1. The van der Waals surface area contributed by atoms with E-state index in [4.69, 9.17) is 0 Å². The first kappa shape index (κ1) is 14.8. The molecule has 1 aromatic carbocycles. The van der Waals surface area contributed by atoms with Gasteiger partial charge >= 0.3 is 0 Å². The molecule has 2 aromatic rings. The Hall–Kier alpha value is -1.13. The van der Waals surface area contributed by atoms with Crippen LogP contribution in [0.25, 0.3) is 5.69 Å². The van der Waals surface area contributed by atoms with Crippen molar-refractivity contribution in [3.63, 3.8) is 0 Å². The maximum absolute atomic E-state index is 4.69. The van der Waals surface area contributed by atoms with Crippen molar-refractivity contribution in [3.05, 3.63) is 46.2 Å². The highest BCUT2D eigenvalue weighted by Gasteiger charge is 2.26. The highest BCUT2D eigenvalue weighted by molar-refractivity contribution is 9.10. The topological polar surface area (TPSA) is 29.9 Å². The number of rotatable bonds is 4. The van der Waals surface area contributed by atoms with E-state index in [1.165, 1.54) is 24.1 Å². The molecular weight excluding hydrogens is 326 g/mol. The fraction of sp³-hybridized carbons (Fsp3) is 0.471. The summed E-state index contributed by atoms with van der Waals surface area (Å²) in [7, 11) is 0. The second-order valence-corrected chi connectivity index (χ2v) is 7.70. The summed E-state index contributed by atoms with van der Waals surface area (Å²) in [5.41, 5.74) is 3.73. The van der Waals surface area contributed by atoms with Gasteiger partial charge in [0, 0.05) is 28.7 Å². The van der Waals surface area contributed by atoms with Crippen LogP contribution in [0, 0.1) is 0 Å². The molecule has 21 heavy (non-hydrogen) atoms. The number of aromatic nitrogens is 2. The molecule has 1 fully saturated rings. The fourth-order valence-electron chi connectivity index (χ4n) is 2.28. The molecule has 1 saturated carbocycles. The molecule has 1 aromatic heterocycles. The van der Waals surface area contributed by atoms with E-state index in [1.807, 2.05) is 4.68 Å². The standard InChI is InChI=1S/C17H22BrN3/c1-17(2,3)19-11-12-4-7-16(14(18)10-12)21-9-8-15(20-21)13-5-6-13/h4,7-10,13,19H,5-6,11H2,1-3H3. The van der Waals surface area contributed by atoms with Crippen LogP contribution in [-0.2, 0) is 6.54 Å². The zero-order valence-electron chi connectivity index (χ0n) is 12.9. The molecule has 1 N–H and O–H groups in total. The summed E-state index contributed by atoms with van der Waals surface area (Å²) >= 11 is 3.68. The van der Waals surface area contributed by atoms with Crippen LogP contribution in [0.3, 0.4) is 0 Å². The molecule has 0 amide bonds. The van der Waals surface area contributed by atoms with Gasteiger partial charge in [0.25, 0.3) is 0 Å². The van der Waals surface area contributed by atoms with Crippen LogP contribution in [-0.4, -0.2) is 15.3 Å². The molecular formula is C17H22BrN3. The average molecular weight is 348 g/mol. The summed E-state index contributed by atoms with van der Waals surface area (Å²) in [6.45, 7) is 7.41. The highest BCUT2D eigenvalue weighted by atomic mass is 79.9. The van der Waals surface area contributed by atoms with Gasteiger partial charge in [-0.15, -0.1) is 0 Å². The third-order valence-electron chi connectivity index (χ3n) is 3.69. The van der Waals surface area contributed by atoms with Gasteiger partial charge in [0.1, 0.15) is 0 Å². The molecule has 3 rings (SSSR count). The lowest BCUT2D eigenvalue weighted by Crippen LogP contribution is -2.35. The number of hydrogen-bond acceptors (Lipinski definition) is 2. The lowest BCUT2D eigenvalue weighted by Gasteiger charge is -2.20. The third kappa shape index (κ3) is 3.74. The predicted molar refractivity (Wildman–Crippen MR) is 89.8 cm³/mol. The van der Waals surface area contributed by atoms with Crippen LogP contribution in [0.5, 0.6) is 0 Å². The first-order chi connectivity index (χ1) is 9.92. The number of nitrogens with one attached hydrogen (secondary N) is 1. The van der Waals surface area contributed by atoms with E-state index in [0.29, 0.717) is 5.92 Å². The zero-order chi connectivity index (χ0) is 15.0. The van der Waals surface area contributed by atoms with Gasteiger partial charge in [-0.25, -0.2) is 4.68 Å². The van der Waals surface area contributed by atoms with Crippen LogP contribution in [0.2, 0.25) is 0 Å². The third-order valence-corrected chi connectivity index (χ3v) is 4.32. The Bertz CT molecular complexity index is 636. The van der Waals surface area contributed by atoms with E-state index in [-0.39, 0.29) is 5.54 Å². The van der Waals surface area contributed by atoms with Gasteiger partial charge in [0.05, 0.1) is 11.4 Å². The normalized spacial score (nSPS) is 15.4. The van der Waals surface area contributed by atoms with E-state index in [2.05, 4.69) is 77.6 Å². The van der Waals surface area contributed by atoms with Gasteiger partial charge < -0.3 is 5.32 Å². The minimum absolute atomic E-state index is 0.131. The van der Waals surface area contributed by atoms with E-state index in [1.54, 1.807) is 0 Å². The molecule has 0 spiro atoms. The van der Waals surface area contributed by atoms with Gasteiger partial charge in [0.2, 0.25) is 0 Å². The Labute approximate surface area is 134 Å². The molecule has 1 aliphatic rings. The van der Waals surface area contributed by atoms with Crippen LogP contribution < -0.4 is 5.32 Å². The van der Waals surface area contributed by atoms with Crippen molar-refractivity contribution >= 4 is 15.9 Å². The molecule has 4 heteroatoms. The summed E-state index contributed by atoms with van der Waals surface area (Å²) < 4.78 is 3.06.